The Morgan fingerprint density at radius 2 is 1.46 bits per heavy atom. The first kappa shape index (κ1) is 24.0. The van der Waals surface area contributed by atoms with Crippen LogP contribution in [0.1, 0.15) is 0 Å². The van der Waals surface area contributed by atoms with Gasteiger partial charge in [-0.2, -0.15) is 35.1 Å². The molecule has 0 radical (unpaired) electrons. The Labute approximate surface area is 138 Å². The molecular formula is C9H6F8NO7S-. The molecule has 0 saturated heterocycles. The molecule has 0 spiro atoms. The van der Waals surface area contributed by atoms with Crippen LogP contribution in [-0.2, 0) is 29.2 Å². The highest BCUT2D eigenvalue weighted by molar-refractivity contribution is 7.86. The van der Waals surface area contributed by atoms with Gasteiger partial charge >= 0.3 is 35.3 Å². The lowest BCUT2D eigenvalue weighted by Crippen LogP contribution is -2.61. The molecule has 0 aromatic heterocycles. The zero-order valence-electron chi connectivity index (χ0n) is 11.8. The fourth-order valence-electron chi connectivity index (χ4n) is 0.996. The summed E-state index contributed by atoms with van der Waals surface area (Å²) in [7, 11) is -6.63. The van der Waals surface area contributed by atoms with Crippen molar-refractivity contribution in [1.29, 1.82) is 0 Å². The highest BCUT2D eigenvalue weighted by atomic mass is 32.2. The number of nitrogens with two attached hydrogens (primary N) is 1. The van der Waals surface area contributed by atoms with Crippen molar-refractivity contribution < 1.29 is 67.2 Å². The maximum atomic E-state index is 12.9. The third kappa shape index (κ3) is 5.01. The van der Waals surface area contributed by atoms with Gasteiger partial charge < -0.3 is 19.8 Å². The van der Waals surface area contributed by atoms with E-state index < -0.39 is 57.6 Å². The number of hydrogen-bond donors (Lipinski definition) is 1. The summed E-state index contributed by atoms with van der Waals surface area (Å²) in [5.74, 6) is -11.2. The predicted molar refractivity (Wildman–Crippen MR) is 59.9 cm³/mol. The van der Waals surface area contributed by atoms with E-state index in [0.29, 0.717) is 0 Å². The maximum absolute atomic E-state index is 12.9. The molecule has 0 saturated carbocycles. The van der Waals surface area contributed by atoms with E-state index in [4.69, 9.17) is 0 Å². The summed E-state index contributed by atoms with van der Waals surface area (Å²) >= 11 is 0. The van der Waals surface area contributed by atoms with Crippen molar-refractivity contribution in [3.8, 4) is 0 Å². The van der Waals surface area contributed by atoms with Gasteiger partial charge in [0, 0.05) is 0 Å². The summed E-state index contributed by atoms with van der Waals surface area (Å²) in [6, 6.07) is 0. The van der Waals surface area contributed by atoms with Crippen LogP contribution in [0.5, 0.6) is 0 Å². The summed E-state index contributed by atoms with van der Waals surface area (Å²) < 4.78 is 138. The van der Waals surface area contributed by atoms with E-state index >= 15 is 0 Å². The second-order valence-electron chi connectivity index (χ2n) is 4.22. The van der Waals surface area contributed by atoms with Gasteiger partial charge in [0.25, 0.3) is 0 Å². The number of alkyl halides is 8. The summed E-state index contributed by atoms with van der Waals surface area (Å²) in [5, 5.41) is -5.59. The summed E-state index contributed by atoms with van der Waals surface area (Å²) in [6.07, 6.45) is -12.0. The molecule has 0 aromatic carbocycles. The number of carbonyl (C=O) groups is 2. The maximum Gasteiger partial charge on any atom is 0.466 e. The zero-order valence-corrected chi connectivity index (χ0v) is 12.6. The molecule has 0 fully saturated rings. The number of amides is 1. The lowest BCUT2D eigenvalue weighted by atomic mass is 10.2. The normalized spacial score (nSPS) is 15.9. The average molecular weight is 424 g/mol. The molecule has 0 bridgehead atoms. The molecule has 0 aliphatic heterocycles. The Bertz CT molecular complexity index is 698. The first-order chi connectivity index (χ1) is 11.2. The predicted octanol–water partition coefficient (Wildman–Crippen LogP) is 0.547. The van der Waals surface area contributed by atoms with Crippen LogP contribution in [0, 0.1) is 0 Å². The Morgan fingerprint density at radius 3 is 1.73 bits per heavy atom. The Balaban J connectivity index is 6.00. The second kappa shape index (κ2) is 6.95. The zero-order chi connectivity index (χ0) is 21.4. The van der Waals surface area contributed by atoms with E-state index in [1.165, 1.54) is 0 Å². The highest BCUT2D eigenvalue weighted by Crippen LogP contribution is 2.38. The van der Waals surface area contributed by atoms with Crippen LogP contribution in [0.4, 0.5) is 35.1 Å². The van der Waals surface area contributed by atoms with Crippen LogP contribution in [0.25, 0.3) is 0 Å². The van der Waals surface area contributed by atoms with Crippen molar-refractivity contribution in [2.45, 2.75) is 23.4 Å². The quantitative estimate of drug-likeness (QED) is 0.207. The minimum atomic E-state index is -6.63. The molecule has 0 aliphatic carbocycles. The van der Waals surface area contributed by atoms with Crippen LogP contribution >= 0.6 is 0 Å². The number of halogens is 8. The third-order valence-electron chi connectivity index (χ3n) is 2.33. The Kier molecular flexibility index (Phi) is 6.41. The van der Waals surface area contributed by atoms with Gasteiger partial charge in [-0.15, -0.1) is 0 Å². The molecule has 26 heavy (non-hydrogen) atoms. The van der Waals surface area contributed by atoms with Gasteiger partial charge in [-0.3, -0.25) is 4.79 Å². The fraction of sp³-hybridized carbons (Fsp3) is 0.556. The van der Waals surface area contributed by atoms with Crippen molar-refractivity contribution in [1.82, 2.24) is 0 Å². The van der Waals surface area contributed by atoms with Crippen molar-refractivity contribution in [2.75, 3.05) is 6.61 Å². The molecule has 0 rings (SSSR count). The average Bonchev–Trinajstić information content (AvgIpc) is 2.38. The van der Waals surface area contributed by atoms with Gasteiger partial charge in [-0.25, -0.2) is 13.2 Å². The largest absolute Gasteiger partial charge is 0.743 e. The molecule has 0 aromatic rings. The minimum Gasteiger partial charge on any atom is -0.743 e. The standard InChI is InChI=1S/C9H7F8NO7S/c1-3(8(12,13)14)4(19)25-7(5(18)20,9(15,16)17)24-2-6(10,11)26(21,22)23/h1-2H2,(H2,18,20)(H,21,22,23)/p-1. The lowest BCUT2D eigenvalue weighted by molar-refractivity contribution is -0.352. The van der Waals surface area contributed by atoms with Crippen molar-refractivity contribution in [3.05, 3.63) is 12.2 Å². The van der Waals surface area contributed by atoms with E-state index in [1.54, 1.807) is 0 Å². The number of primary amides is 1. The van der Waals surface area contributed by atoms with Gasteiger partial charge in [0.2, 0.25) is 0 Å². The molecule has 1 amide bonds. The van der Waals surface area contributed by atoms with E-state index in [0.717, 1.165) is 0 Å². The van der Waals surface area contributed by atoms with Gasteiger partial charge in [-0.05, 0) is 0 Å². The minimum absolute atomic E-state index is 2.03. The topological polar surface area (TPSA) is 136 Å². The number of rotatable bonds is 7. The molecule has 1 atom stereocenters. The van der Waals surface area contributed by atoms with Gasteiger partial charge in [0.15, 0.2) is 10.1 Å². The third-order valence-corrected chi connectivity index (χ3v) is 3.18. The molecule has 8 nitrogen and oxygen atoms in total. The smallest absolute Gasteiger partial charge is 0.466 e. The highest BCUT2D eigenvalue weighted by Gasteiger charge is 2.67. The van der Waals surface area contributed by atoms with Crippen molar-refractivity contribution in [3.63, 3.8) is 0 Å². The lowest BCUT2D eigenvalue weighted by Gasteiger charge is -2.33. The Morgan fingerprint density at radius 1 is 1.04 bits per heavy atom. The van der Waals surface area contributed by atoms with Crippen molar-refractivity contribution >= 4 is 22.0 Å². The van der Waals surface area contributed by atoms with Crippen LogP contribution in [0.15, 0.2) is 12.2 Å². The number of esters is 1. The van der Waals surface area contributed by atoms with Crippen LogP contribution in [0.2, 0.25) is 0 Å². The van der Waals surface area contributed by atoms with E-state index in [-0.39, 0.29) is 0 Å². The SMILES string of the molecule is C=C(C(=O)OC(OCC(F)(F)S(=O)(=O)[O-])(C(N)=O)C(F)(F)F)C(F)(F)F. The van der Waals surface area contributed by atoms with Gasteiger partial charge in [-0.1, -0.05) is 6.58 Å². The molecule has 2 N–H and O–H groups in total. The van der Waals surface area contributed by atoms with E-state index in [9.17, 15) is 57.7 Å². The fourth-order valence-corrected chi connectivity index (χ4v) is 1.20. The molecule has 1 unspecified atom stereocenters. The van der Waals surface area contributed by atoms with E-state index in [1.807, 2.05) is 6.58 Å². The first-order valence-corrected chi connectivity index (χ1v) is 6.93. The molecule has 17 heteroatoms. The van der Waals surface area contributed by atoms with Crippen LogP contribution in [-0.4, -0.2) is 54.8 Å². The monoisotopic (exact) mass is 424 g/mol. The molecule has 0 aliphatic rings. The van der Waals surface area contributed by atoms with Gasteiger partial charge in [0.05, 0.1) is 0 Å². The Hall–Kier alpha value is -2.01. The van der Waals surface area contributed by atoms with Crippen molar-refractivity contribution in [2.24, 2.45) is 5.73 Å². The van der Waals surface area contributed by atoms with E-state index in [2.05, 4.69) is 15.2 Å². The number of ether oxygens (including phenoxy) is 2. The summed E-state index contributed by atoms with van der Waals surface area (Å²) in [4.78, 5) is 22.0. The molecule has 0 heterocycles. The molecule has 152 valence electrons. The van der Waals surface area contributed by atoms with Gasteiger partial charge in [0.1, 0.15) is 12.2 Å². The molecular weight excluding hydrogens is 418 g/mol. The number of hydrogen-bond acceptors (Lipinski definition) is 7. The first-order valence-electron chi connectivity index (χ1n) is 5.52. The van der Waals surface area contributed by atoms with Crippen LogP contribution in [0.3, 0.4) is 0 Å². The second-order valence-corrected chi connectivity index (χ2v) is 5.73. The summed E-state index contributed by atoms with van der Waals surface area (Å²) in [6.45, 7) is -1.00. The number of carbonyl (C=O) groups excluding carboxylic acids is 2. The summed E-state index contributed by atoms with van der Waals surface area (Å²) in [5.41, 5.74) is 1.60. The van der Waals surface area contributed by atoms with Crippen LogP contribution < -0.4 is 5.73 Å².